The van der Waals surface area contributed by atoms with Gasteiger partial charge in [-0.2, -0.15) is 0 Å². The van der Waals surface area contributed by atoms with E-state index in [0.29, 0.717) is 85.8 Å². The van der Waals surface area contributed by atoms with E-state index < -0.39 is 11.8 Å². The third-order valence-corrected chi connectivity index (χ3v) is 12.3. The van der Waals surface area contributed by atoms with Crippen LogP contribution in [0.1, 0.15) is 125 Å². The maximum Gasteiger partial charge on any atom is 0.305 e. The summed E-state index contributed by atoms with van der Waals surface area (Å²) in [5.41, 5.74) is 16.7. The first-order valence-corrected chi connectivity index (χ1v) is 20.7. The minimum Gasteiger partial charge on any atom is -0.469 e. The zero-order chi connectivity index (χ0) is 42.1. The van der Waals surface area contributed by atoms with E-state index in [2.05, 4.69) is 49.0 Å². The summed E-state index contributed by atoms with van der Waals surface area (Å²) in [6, 6.07) is 6.06. The average Bonchev–Trinajstić information content (AvgIpc) is 3.89. The van der Waals surface area contributed by atoms with Crippen molar-refractivity contribution in [3.05, 3.63) is 68.8 Å². The molecule has 4 aliphatic rings. The van der Waals surface area contributed by atoms with Crippen LogP contribution in [0.3, 0.4) is 0 Å². The van der Waals surface area contributed by atoms with Gasteiger partial charge in [0, 0.05) is 78.8 Å². The van der Waals surface area contributed by atoms with Crippen molar-refractivity contribution in [3.8, 4) is 0 Å². The SMILES string of the molecule is CCC1=C(C)c2cc3[nH]c(cc4nc(c5c6[nH]c(cc1n2)c(C)c6C(=O)N(CCN1CCNC(=O)C1)C5=O)[C@@H](CCC(=O)OC)[C@@H]4C)c(C)c3C(C)OCCOCCN. The number of ether oxygens (including phenoxy) is 3. The van der Waals surface area contributed by atoms with Crippen molar-refractivity contribution >= 4 is 56.9 Å². The zero-order valence-corrected chi connectivity index (χ0v) is 35.2. The molecule has 0 aliphatic carbocycles. The lowest BCUT2D eigenvalue weighted by Crippen LogP contribution is -2.51. The van der Waals surface area contributed by atoms with Gasteiger partial charge < -0.3 is 35.2 Å². The highest BCUT2D eigenvalue weighted by atomic mass is 16.5. The van der Waals surface area contributed by atoms with E-state index >= 15 is 0 Å². The summed E-state index contributed by atoms with van der Waals surface area (Å²) in [6.45, 7) is 15.6. The largest absolute Gasteiger partial charge is 0.469 e. The number of carbonyl (C=O) groups is 4. The molecule has 3 aromatic rings. The van der Waals surface area contributed by atoms with Crippen LogP contribution >= 0.6 is 0 Å². The van der Waals surface area contributed by atoms with Crippen LogP contribution in [0.2, 0.25) is 0 Å². The maximum atomic E-state index is 14.9. The standard InChI is InChI=1S/C44H56N8O7/c1-8-28-23(2)30-21-35-38(27(6)59-18-17-58-16-11-45)25(4)32(48-35)19-31-24(3)29(9-10-37(54)57-7)41(49-31)40-42-39(26(5)33(50-42)20-34(28)47-30)43(55)52(44(40)56)15-14-51-13-12-46-36(53)22-51/h19-21,24,27,29,48,50H,8-18,22,45H2,1-7H3,(H,46,53)/t24-,27?,29-/m0/s1. The Balaban J connectivity index is 1.49. The Morgan fingerprint density at radius 1 is 0.949 bits per heavy atom. The van der Waals surface area contributed by atoms with E-state index in [1.807, 2.05) is 30.9 Å². The number of aryl methyl sites for hydroxylation is 2. The van der Waals surface area contributed by atoms with Crippen LogP contribution < -0.4 is 11.1 Å². The van der Waals surface area contributed by atoms with Gasteiger partial charge in [-0.1, -0.05) is 13.8 Å². The number of hydrogen-bond donors (Lipinski definition) is 4. The fourth-order valence-electron chi connectivity index (χ4n) is 8.92. The molecule has 0 aromatic carbocycles. The number of nitrogens with zero attached hydrogens (tertiary/aromatic N) is 4. The Bertz CT molecular complexity index is 2380. The van der Waals surface area contributed by atoms with Gasteiger partial charge in [0.25, 0.3) is 11.8 Å². The molecule has 3 atom stereocenters. The molecule has 1 unspecified atom stereocenters. The Morgan fingerprint density at radius 3 is 2.42 bits per heavy atom. The molecule has 7 rings (SSSR count). The van der Waals surface area contributed by atoms with Crippen molar-refractivity contribution < 1.29 is 33.4 Å². The van der Waals surface area contributed by atoms with Gasteiger partial charge in [-0.05, 0) is 81.0 Å². The first-order valence-electron chi connectivity index (χ1n) is 20.7. The predicted molar refractivity (Wildman–Crippen MR) is 225 cm³/mol. The van der Waals surface area contributed by atoms with E-state index in [0.717, 1.165) is 56.8 Å². The van der Waals surface area contributed by atoms with Crippen LogP contribution in [0.15, 0.2) is 18.2 Å². The lowest BCUT2D eigenvalue weighted by Gasteiger charge is -2.31. The third-order valence-electron chi connectivity index (χ3n) is 12.3. The Kier molecular flexibility index (Phi) is 12.5. The maximum absolute atomic E-state index is 14.9. The monoisotopic (exact) mass is 808 g/mol. The van der Waals surface area contributed by atoms with Gasteiger partial charge in [-0.25, -0.2) is 4.98 Å². The molecule has 5 N–H and O–H groups in total. The Morgan fingerprint density at radius 2 is 1.69 bits per heavy atom. The summed E-state index contributed by atoms with van der Waals surface area (Å²) in [7, 11) is 1.36. The smallest absolute Gasteiger partial charge is 0.305 e. The Labute approximate surface area is 344 Å². The van der Waals surface area contributed by atoms with E-state index in [4.69, 9.17) is 29.9 Å². The summed E-state index contributed by atoms with van der Waals surface area (Å²) in [5.74, 6) is -1.90. The number of nitrogens with one attached hydrogen (secondary N) is 3. The first kappa shape index (κ1) is 41.9. The van der Waals surface area contributed by atoms with Crippen LogP contribution in [-0.2, 0) is 23.8 Å². The van der Waals surface area contributed by atoms with E-state index in [9.17, 15) is 19.2 Å². The highest BCUT2D eigenvalue weighted by Gasteiger charge is 2.41. The second-order valence-corrected chi connectivity index (χ2v) is 15.8. The van der Waals surface area contributed by atoms with Gasteiger partial charge in [0.1, 0.15) is 0 Å². The normalized spacial score (nSPS) is 18.8. The van der Waals surface area contributed by atoms with Gasteiger partial charge in [0.15, 0.2) is 0 Å². The number of imide groups is 1. The molecule has 0 saturated carbocycles. The molecular formula is C44H56N8O7. The topological polar surface area (TPSA) is 198 Å². The van der Waals surface area contributed by atoms with E-state index in [-0.39, 0.29) is 49.3 Å². The molecule has 4 aliphatic heterocycles. The van der Waals surface area contributed by atoms with Gasteiger partial charge in [-0.3, -0.25) is 34.0 Å². The minimum atomic E-state index is -0.469. The molecule has 314 valence electrons. The molecule has 59 heavy (non-hydrogen) atoms. The molecule has 3 aromatic heterocycles. The van der Waals surface area contributed by atoms with Crippen LogP contribution in [0, 0.1) is 13.8 Å². The number of amides is 3. The van der Waals surface area contributed by atoms with Crippen molar-refractivity contribution in [2.45, 2.75) is 78.7 Å². The highest BCUT2D eigenvalue weighted by Crippen LogP contribution is 2.44. The second kappa shape index (κ2) is 17.6. The predicted octanol–water partition coefficient (Wildman–Crippen LogP) is 5.19. The van der Waals surface area contributed by atoms with Crippen molar-refractivity contribution in [1.29, 1.82) is 0 Å². The van der Waals surface area contributed by atoms with Crippen LogP contribution in [0.25, 0.3) is 33.2 Å². The molecule has 0 radical (unpaired) electrons. The lowest BCUT2D eigenvalue weighted by atomic mass is 9.84. The summed E-state index contributed by atoms with van der Waals surface area (Å²) in [4.78, 5) is 75.1. The Hall–Kier alpha value is -5.22. The first-order chi connectivity index (χ1) is 28.4. The average molecular weight is 809 g/mol. The van der Waals surface area contributed by atoms with Crippen LogP contribution in [0.4, 0.5) is 0 Å². The summed E-state index contributed by atoms with van der Waals surface area (Å²) in [5, 5.41) is 2.83. The quantitative estimate of drug-likeness (QED) is 0.0950. The fourth-order valence-corrected chi connectivity index (χ4v) is 8.92. The molecule has 8 bridgehead atoms. The molecule has 3 amide bonds. The number of rotatable bonds is 14. The number of hydrogen-bond acceptors (Lipinski definition) is 11. The van der Waals surface area contributed by atoms with Crippen molar-refractivity contribution in [3.63, 3.8) is 0 Å². The van der Waals surface area contributed by atoms with E-state index in [1.54, 1.807) is 0 Å². The third kappa shape index (κ3) is 8.08. The second-order valence-electron chi connectivity index (χ2n) is 15.8. The molecule has 0 spiro atoms. The number of H-pyrrole nitrogens is 2. The van der Waals surface area contributed by atoms with Gasteiger partial charge >= 0.3 is 5.97 Å². The number of aromatic nitrogens is 4. The van der Waals surface area contributed by atoms with Crippen molar-refractivity contribution in [2.75, 3.05) is 66.2 Å². The molecule has 15 nitrogen and oxygen atoms in total. The summed E-state index contributed by atoms with van der Waals surface area (Å²) in [6.07, 6.45) is 0.912. The fraction of sp³-hybridized carbons (Fsp3) is 0.500. The van der Waals surface area contributed by atoms with Gasteiger partial charge in [0.05, 0.1) is 73.3 Å². The number of carbonyl (C=O) groups excluding carboxylic acids is 4. The van der Waals surface area contributed by atoms with Crippen LogP contribution in [0.5, 0.6) is 0 Å². The number of esters is 1. The van der Waals surface area contributed by atoms with Gasteiger partial charge in [-0.15, -0.1) is 0 Å². The van der Waals surface area contributed by atoms with Crippen LogP contribution in [-0.4, -0.2) is 120 Å². The number of allylic oxidation sites excluding steroid dienone is 2. The zero-order valence-electron chi connectivity index (χ0n) is 35.2. The molecule has 7 heterocycles. The molecule has 15 heteroatoms. The molecule has 1 fully saturated rings. The van der Waals surface area contributed by atoms with E-state index in [1.165, 1.54) is 12.0 Å². The van der Waals surface area contributed by atoms with Crippen molar-refractivity contribution in [2.24, 2.45) is 5.73 Å². The van der Waals surface area contributed by atoms with Crippen molar-refractivity contribution in [1.82, 2.24) is 35.1 Å². The summed E-state index contributed by atoms with van der Waals surface area (Å²) >= 11 is 0. The molecular weight excluding hydrogens is 753 g/mol. The molecule has 1 saturated heterocycles. The highest BCUT2D eigenvalue weighted by molar-refractivity contribution is 6.23. The minimum absolute atomic E-state index is 0.0886. The number of piperazine rings is 1. The number of fused-ring (bicyclic) bond motifs is 8. The summed E-state index contributed by atoms with van der Waals surface area (Å²) < 4.78 is 17.0. The number of nitrogens with two attached hydrogens (primary N) is 1. The number of methoxy groups -OCH3 is 1. The lowest BCUT2D eigenvalue weighted by molar-refractivity contribution is -0.140. The number of aromatic amines is 2. The van der Waals surface area contributed by atoms with Gasteiger partial charge in [0.2, 0.25) is 5.91 Å².